The first kappa shape index (κ1) is 13.0. The van der Waals surface area contributed by atoms with E-state index >= 15 is 0 Å². The predicted octanol–water partition coefficient (Wildman–Crippen LogP) is 3.97. The Hall–Kier alpha value is -1.45. The maximum Gasteiger partial charge on any atom is 0.159 e. The number of aryl methyl sites for hydroxylation is 1. The summed E-state index contributed by atoms with van der Waals surface area (Å²) >= 11 is 6.10. The molecule has 18 heavy (non-hydrogen) atoms. The summed E-state index contributed by atoms with van der Waals surface area (Å²) in [6.45, 7) is 1.92. The standard InChI is InChI=1S/C14H12ClF2N/c1-8-2-4-10(11(15)6-8)14(18)9-3-5-12(16)13(17)7-9/h2-7,14H,18H2,1H3. The Kier molecular flexibility index (Phi) is 3.64. The molecule has 1 atom stereocenters. The first-order chi connectivity index (χ1) is 8.49. The lowest BCUT2D eigenvalue weighted by Gasteiger charge is -2.15. The van der Waals surface area contributed by atoms with Gasteiger partial charge < -0.3 is 5.73 Å². The SMILES string of the molecule is Cc1ccc(C(N)c2ccc(F)c(F)c2)c(Cl)c1. The molecule has 0 spiro atoms. The molecule has 4 heteroatoms. The Labute approximate surface area is 109 Å². The van der Waals surface area contributed by atoms with Crippen molar-refractivity contribution in [2.24, 2.45) is 5.73 Å². The molecule has 0 aliphatic rings. The lowest BCUT2D eigenvalue weighted by molar-refractivity contribution is 0.506. The van der Waals surface area contributed by atoms with Crippen LogP contribution in [0.3, 0.4) is 0 Å². The van der Waals surface area contributed by atoms with Gasteiger partial charge in [0.05, 0.1) is 6.04 Å². The van der Waals surface area contributed by atoms with E-state index in [1.54, 1.807) is 12.1 Å². The van der Waals surface area contributed by atoms with Crippen molar-refractivity contribution >= 4 is 11.6 Å². The van der Waals surface area contributed by atoms with Gasteiger partial charge in [-0.05, 0) is 41.8 Å². The summed E-state index contributed by atoms with van der Waals surface area (Å²) in [4.78, 5) is 0. The van der Waals surface area contributed by atoms with Crippen molar-refractivity contribution in [2.45, 2.75) is 13.0 Å². The summed E-state index contributed by atoms with van der Waals surface area (Å²) < 4.78 is 26.0. The summed E-state index contributed by atoms with van der Waals surface area (Å²) in [5, 5.41) is 0.521. The van der Waals surface area contributed by atoms with E-state index in [4.69, 9.17) is 17.3 Å². The molecule has 0 amide bonds. The topological polar surface area (TPSA) is 26.0 Å². The molecule has 0 aromatic heterocycles. The molecular weight excluding hydrogens is 256 g/mol. The van der Waals surface area contributed by atoms with Crippen LogP contribution < -0.4 is 5.73 Å². The quantitative estimate of drug-likeness (QED) is 0.875. The molecule has 0 aliphatic carbocycles. The van der Waals surface area contributed by atoms with Crippen LogP contribution in [0.4, 0.5) is 8.78 Å². The molecule has 94 valence electrons. The first-order valence-corrected chi connectivity index (χ1v) is 5.83. The fourth-order valence-corrected chi connectivity index (χ4v) is 2.12. The second-order valence-corrected chi connectivity index (χ2v) is 4.58. The minimum atomic E-state index is -0.911. The van der Waals surface area contributed by atoms with E-state index in [-0.39, 0.29) is 0 Å². The van der Waals surface area contributed by atoms with Crippen LogP contribution in [-0.4, -0.2) is 0 Å². The van der Waals surface area contributed by atoms with E-state index in [2.05, 4.69) is 0 Å². The Morgan fingerprint density at radius 1 is 1.06 bits per heavy atom. The van der Waals surface area contributed by atoms with Crippen LogP contribution in [0.5, 0.6) is 0 Å². The van der Waals surface area contributed by atoms with Crippen molar-refractivity contribution in [3.05, 3.63) is 69.7 Å². The van der Waals surface area contributed by atoms with Gasteiger partial charge in [-0.2, -0.15) is 0 Å². The smallest absolute Gasteiger partial charge is 0.159 e. The maximum atomic E-state index is 13.2. The Balaban J connectivity index is 2.41. The first-order valence-electron chi connectivity index (χ1n) is 5.45. The van der Waals surface area contributed by atoms with Crippen molar-refractivity contribution in [3.63, 3.8) is 0 Å². The molecule has 1 unspecified atom stereocenters. The van der Waals surface area contributed by atoms with E-state index in [1.807, 2.05) is 13.0 Å². The third kappa shape index (κ3) is 2.52. The molecular formula is C14H12ClF2N. The van der Waals surface area contributed by atoms with Crippen LogP contribution in [0.25, 0.3) is 0 Å². The molecule has 1 nitrogen and oxygen atoms in total. The highest BCUT2D eigenvalue weighted by Crippen LogP contribution is 2.28. The molecule has 2 rings (SSSR count). The molecule has 2 N–H and O–H groups in total. The molecule has 0 fully saturated rings. The number of benzene rings is 2. The highest BCUT2D eigenvalue weighted by atomic mass is 35.5. The second kappa shape index (κ2) is 5.04. The molecule has 2 aromatic carbocycles. The van der Waals surface area contributed by atoms with Crippen LogP contribution in [-0.2, 0) is 0 Å². The fourth-order valence-electron chi connectivity index (χ4n) is 1.77. The Bertz CT molecular complexity index is 584. The molecule has 0 radical (unpaired) electrons. The van der Waals surface area contributed by atoms with Gasteiger partial charge >= 0.3 is 0 Å². The largest absolute Gasteiger partial charge is 0.320 e. The number of hydrogen-bond acceptors (Lipinski definition) is 1. The average Bonchev–Trinajstić information content (AvgIpc) is 2.32. The Morgan fingerprint density at radius 2 is 1.78 bits per heavy atom. The van der Waals surface area contributed by atoms with E-state index in [0.29, 0.717) is 16.1 Å². The van der Waals surface area contributed by atoms with Gasteiger partial charge in [-0.25, -0.2) is 8.78 Å². The minimum absolute atomic E-state index is 0.486. The predicted molar refractivity (Wildman–Crippen MR) is 68.6 cm³/mol. The van der Waals surface area contributed by atoms with Crippen molar-refractivity contribution < 1.29 is 8.78 Å². The van der Waals surface area contributed by atoms with Gasteiger partial charge in [0, 0.05) is 5.02 Å². The van der Waals surface area contributed by atoms with E-state index in [1.165, 1.54) is 6.07 Å². The molecule has 0 heterocycles. The summed E-state index contributed by atoms with van der Waals surface area (Å²) in [5.74, 6) is -1.80. The molecule has 0 aliphatic heterocycles. The zero-order valence-corrected chi connectivity index (χ0v) is 10.5. The van der Waals surface area contributed by atoms with Gasteiger partial charge in [-0.3, -0.25) is 0 Å². The number of rotatable bonds is 2. The van der Waals surface area contributed by atoms with Crippen molar-refractivity contribution in [3.8, 4) is 0 Å². The number of halogens is 3. The highest BCUT2D eigenvalue weighted by molar-refractivity contribution is 6.31. The lowest BCUT2D eigenvalue weighted by Crippen LogP contribution is -2.13. The monoisotopic (exact) mass is 267 g/mol. The average molecular weight is 268 g/mol. The Morgan fingerprint density at radius 3 is 2.39 bits per heavy atom. The fraction of sp³-hybridized carbons (Fsp3) is 0.143. The van der Waals surface area contributed by atoms with Gasteiger partial charge in [-0.15, -0.1) is 0 Å². The summed E-state index contributed by atoms with van der Waals surface area (Å²) in [6.07, 6.45) is 0. The molecule has 2 aromatic rings. The van der Waals surface area contributed by atoms with E-state index in [9.17, 15) is 8.78 Å². The molecule has 0 saturated carbocycles. The summed E-state index contributed by atoms with van der Waals surface area (Å²) in [5.41, 5.74) is 8.20. The number of hydrogen-bond donors (Lipinski definition) is 1. The summed E-state index contributed by atoms with van der Waals surface area (Å²) in [6, 6.07) is 8.50. The van der Waals surface area contributed by atoms with Gasteiger partial charge in [0.1, 0.15) is 0 Å². The molecule has 0 saturated heterocycles. The van der Waals surface area contributed by atoms with Crippen LogP contribution in [0.1, 0.15) is 22.7 Å². The van der Waals surface area contributed by atoms with Crippen LogP contribution >= 0.6 is 11.6 Å². The van der Waals surface area contributed by atoms with E-state index < -0.39 is 17.7 Å². The van der Waals surface area contributed by atoms with Crippen LogP contribution in [0, 0.1) is 18.6 Å². The minimum Gasteiger partial charge on any atom is -0.320 e. The zero-order chi connectivity index (χ0) is 13.3. The normalized spacial score (nSPS) is 12.5. The lowest BCUT2D eigenvalue weighted by atomic mass is 9.98. The third-order valence-corrected chi connectivity index (χ3v) is 3.12. The highest BCUT2D eigenvalue weighted by Gasteiger charge is 2.14. The zero-order valence-electron chi connectivity index (χ0n) is 9.75. The third-order valence-electron chi connectivity index (χ3n) is 2.79. The molecule has 0 bridgehead atoms. The van der Waals surface area contributed by atoms with Crippen LogP contribution in [0.2, 0.25) is 5.02 Å². The van der Waals surface area contributed by atoms with Crippen LogP contribution in [0.15, 0.2) is 36.4 Å². The van der Waals surface area contributed by atoms with E-state index in [0.717, 1.165) is 17.7 Å². The van der Waals surface area contributed by atoms with Gasteiger partial charge in [0.15, 0.2) is 11.6 Å². The second-order valence-electron chi connectivity index (χ2n) is 4.18. The van der Waals surface area contributed by atoms with Crippen molar-refractivity contribution in [2.75, 3.05) is 0 Å². The van der Waals surface area contributed by atoms with Gasteiger partial charge in [-0.1, -0.05) is 29.8 Å². The van der Waals surface area contributed by atoms with Crippen molar-refractivity contribution in [1.29, 1.82) is 0 Å². The maximum absolute atomic E-state index is 13.2. The van der Waals surface area contributed by atoms with Gasteiger partial charge in [0.25, 0.3) is 0 Å². The van der Waals surface area contributed by atoms with Crippen molar-refractivity contribution in [1.82, 2.24) is 0 Å². The number of nitrogens with two attached hydrogens (primary N) is 1. The van der Waals surface area contributed by atoms with Gasteiger partial charge in [0.2, 0.25) is 0 Å². The summed E-state index contributed by atoms with van der Waals surface area (Å²) in [7, 11) is 0.